The van der Waals surface area contributed by atoms with Crippen LogP contribution in [0.3, 0.4) is 0 Å². The zero-order chi connectivity index (χ0) is 15.7. The standard InChI is InChI=1S/C17H34N2O2/c1-5-15-9-7-12-19(14-10-15)13-8-11-17(3,18-4)16(20)21-6-2/h15,18H,5-14H2,1-4H3. The molecule has 0 radical (unpaired) electrons. The van der Waals surface area contributed by atoms with Crippen LogP contribution in [0.5, 0.6) is 0 Å². The zero-order valence-electron chi connectivity index (χ0n) is 14.4. The Morgan fingerprint density at radius 2 is 2.10 bits per heavy atom. The largest absolute Gasteiger partial charge is 0.465 e. The molecule has 0 aliphatic carbocycles. The molecule has 0 saturated carbocycles. The molecule has 1 fully saturated rings. The van der Waals surface area contributed by atoms with Gasteiger partial charge in [0.1, 0.15) is 5.54 Å². The van der Waals surface area contributed by atoms with Crippen molar-refractivity contribution in [2.75, 3.05) is 33.3 Å². The number of likely N-dealkylation sites (tertiary alicyclic amines) is 1. The summed E-state index contributed by atoms with van der Waals surface area (Å²) in [6.45, 7) is 10.1. The third kappa shape index (κ3) is 5.95. The lowest BCUT2D eigenvalue weighted by molar-refractivity contribution is -0.150. The Morgan fingerprint density at radius 3 is 2.71 bits per heavy atom. The summed E-state index contributed by atoms with van der Waals surface area (Å²) in [5.41, 5.74) is -0.548. The Labute approximate surface area is 130 Å². The fourth-order valence-electron chi connectivity index (χ4n) is 3.13. The molecule has 1 N–H and O–H groups in total. The van der Waals surface area contributed by atoms with E-state index in [1.165, 1.54) is 38.8 Å². The first-order valence-electron chi connectivity index (χ1n) is 8.64. The quantitative estimate of drug-likeness (QED) is 0.700. The van der Waals surface area contributed by atoms with E-state index in [9.17, 15) is 4.79 Å². The molecular formula is C17H34N2O2. The summed E-state index contributed by atoms with van der Waals surface area (Å²) in [4.78, 5) is 14.6. The van der Waals surface area contributed by atoms with E-state index in [0.717, 1.165) is 25.3 Å². The number of hydrogen-bond acceptors (Lipinski definition) is 4. The molecule has 4 heteroatoms. The molecule has 0 bridgehead atoms. The Bertz CT molecular complexity index is 309. The van der Waals surface area contributed by atoms with Crippen LogP contribution in [-0.2, 0) is 9.53 Å². The highest BCUT2D eigenvalue weighted by molar-refractivity contribution is 5.80. The normalized spacial score (nSPS) is 23.3. The second kappa shape index (κ2) is 9.42. The van der Waals surface area contributed by atoms with Crippen LogP contribution in [0.1, 0.15) is 59.3 Å². The van der Waals surface area contributed by atoms with Crippen molar-refractivity contribution < 1.29 is 9.53 Å². The SMILES string of the molecule is CCOC(=O)C(C)(CCCN1CCCC(CC)CC1)NC. The van der Waals surface area contributed by atoms with Crippen molar-refractivity contribution in [1.82, 2.24) is 10.2 Å². The van der Waals surface area contributed by atoms with Crippen LogP contribution in [0.2, 0.25) is 0 Å². The Kier molecular flexibility index (Phi) is 8.27. The molecule has 21 heavy (non-hydrogen) atoms. The fraction of sp³-hybridized carbons (Fsp3) is 0.941. The van der Waals surface area contributed by atoms with Gasteiger partial charge in [-0.05, 0) is 78.6 Å². The average Bonchev–Trinajstić information content (AvgIpc) is 2.72. The van der Waals surface area contributed by atoms with E-state index >= 15 is 0 Å². The van der Waals surface area contributed by atoms with Crippen LogP contribution >= 0.6 is 0 Å². The summed E-state index contributed by atoms with van der Waals surface area (Å²) in [5, 5.41) is 3.14. The predicted octanol–water partition coefficient (Wildman–Crippen LogP) is 2.82. The number of likely N-dealkylation sites (N-methyl/N-ethyl adjacent to an activating group) is 1. The molecule has 1 saturated heterocycles. The van der Waals surface area contributed by atoms with Gasteiger partial charge in [-0.3, -0.25) is 4.79 Å². The first kappa shape index (κ1) is 18.4. The minimum Gasteiger partial charge on any atom is -0.465 e. The molecule has 0 aromatic heterocycles. The Hall–Kier alpha value is -0.610. The molecule has 0 spiro atoms. The Balaban J connectivity index is 2.35. The number of hydrogen-bond donors (Lipinski definition) is 1. The topological polar surface area (TPSA) is 41.6 Å². The van der Waals surface area contributed by atoms with Crippen LogP contribution in [-0.4, -0.2) is 49.7 Å². The molecule has 0 aromatic rings. The number of ether oxygens (including phenoxy) is 1. The molecule has 4 nitrogen and oxygen atoms in total. The minimum atomic E-state index is -0.548. The molecule has 0 amide bonds. The van der Waals surface area contributed by atoms with Crippen molar-refractivity contribution >= 4 is 5.97 Å². The van der Waals surface area contributed by atoms with Crippen LogP contribution in [0.15, 0.2) is 0 Å². The van der Waals surface area contributed by atoms with E-state index in [2.05, 4.69) is 17.1 Å². The average molecular weight is 298 g/mol. The molecule has 1 aliphatic heterocycles. The van der Waals surface area contributed by atoms with E-state index in [4.69, 9.17) is 4.74 Å². The van der Waals surface area contributed by atoms with E-state index in [1.54, 1.807) is 0 Å². The van der Waals surface area contributed by atoms with Gasteiger partial charge in [0.2, 0.25) is 0 Å². The van der Waals surface area contributed by atoms with Gasteiger partial charge in [-0.25, -0.2) is 0 Å². The van der Waals surface area contributed by atoms with Crippen LogP contribution in [0.4, 0.5) is 0 Å². The summed E-state index contributed by atoms with van der Waals surface area (Å²) in [7, 11) is 1.84. The third-order valence-corrected chi connectivity index (χ3v) is 4.95. The van der Waals surface area contributed by atoms with Gasteiger partial charge in [-0.1, -0.05) is 13.3 Å². The van der Waals surface area contributed by atoms with Gasteiger partial charge < -0.3 is 15.0 Å². The molecule has 124 valence electrons. The van der Waals surface area contributed by atoms with Crippen molar-refractivity contribution in [3.8, 4) is 0 Å². The summed E-state index contributed by atoms with van der Waals surface area (Å²) >= 11 is 0. The van der Waals surface area contributed by atoms with Gasteiger partial charge in [0.05, 0.1) is 6.61 Å². The lowest BCUT2D eigenvalue weighted by Gasteiger charge is -2.28. The molecule has 1 aliphatic rings. The molecule has 2 atom stereocenters. The maximum Gasteiger partial charge on any atom is 0.326 e. The van der Waals surface area contributed by atoms with Crippen molar-refractivity contribution in [3.05, 3.63) is 0 Å². The number of nitrogens with one attached hydrogen (secondary N) is 1. The number of carbonyl (C=O) groups excluding carboxylic acids is 1. The second-order valence-electron chi connectivity index (χ2n) is 6.45. The van der Waals surface area contributed by atoms with E-state index < -0.39 is 5.54 Å². The fourth-order valence-corrected chi connectivity index (χ4v) is 3.13. The van der Waals surface area contributed by atoms with Crippen LogP contribution in [0.25, 0.3) is 0 Å². The number of esters is 1. The van der Waals surface area contributed by atoms with Crippen molar-refractivity contribution in [3.63, 3.8) is 0 Å². The first-order chi connectivity index (χ1) is 10.1. The molecule has 1 heterocycles. The lowest BCUT2D eigenvalue weighted by Crippen LogP contribution is -2.49. The smallest absolute Gasteiger partial charge is 0.326 e. The van der Waals surface area contributed by atoms with E-state index in [1.807, 2.05) is 20.9 Å². The molecule has 2 unspecified atom stereocenters. The highest BCUT2D eigenvalue weighted by Gasteiger charge is 2.32. The van der Waals surface area contributed by atoms with Crippen molar-refractivity contribution in [1.29, 1.82) is 0 Å². The molecule has 1 rings (SSSR count). The monoisotopic (exact) mass is 298 g/mol. The van der Waals surface area contributed by atoms with E-state index in [-0.39, 0.29) is 5.97 Å². The molecular weight excluding hydrogens is 264 g/mol. The third-order valence-electron chi connectivity index (χ3n) is 4.95. The molecule has 0 aromatic carbocycles. The van der Waals surface area contributed by atoms with E-state index in [0.29, 0.717) is 6.61 Å². The highest BCUT2D eigenvalue weighted by atomic mass is 16.5. The maximum atomic E-state index is 12.0. The Morgan fingerprint density at radius 1 is 1.33 bits per heavy atom. The zero-order valence-corrected chi connectivity index (χ0v) is 14.4. The van der Waals surface area contributed by atoms with Gasteiger partial charge >= 0.3 is 5.97 Å². The van der Waals surface area contributed by atoms with Crippen LogP contribution < -0.4 is 5.32 Å². The van der Waals surface area contributed by atoms with Crippen molar-refractivity contribution in [2.24, 2.45) is 5.92 Å². The summed E-state index contributed by atoms with van der Waals surface area (Å²) in [6.07, 6.45) is 7.21. The first-order valence-corrected chi connectivity index (χ1v) is 8.64. The van der Waals surface area contributed by atoms with Crippen LogP contribution in [0, 0.1) is 5.92 Å². The number of carbonyl (C=O) groups is 1. The predicted molar refractivity (Wildman–Crippen MR) is 87.4 cm³/mol. The maximum absolute atomic E-state index is 12.0. The van der Waals surface area contributed by atoms with Gasteiger partial charge in [0.15, 0.2) is 0 Å². The lowest BCUT2D eigenvalue weighted by atomic mass is 9.96. The van der Waals surface area contributed by atoms with Gasteiger partial charge in [-0.2, -0.15) is 0 Å². The number of nitrogens with zero attached hydrogens (tertiary/aromatic N) is 1. The van der Waals surface area contributed by atoms with Gasteiger partial charge in [-0.15, -0.1) is 0 Å². The second-order valence-corrected chi connectivity index (χ2v) is 6.45. The number of rotatable bonds is 8. The van der Waals surface area contributed by atoms with Crippen molar-refractivity contribution in [2.45, 2.75) is 64.8 Å². The summed E-state index contributed by atoms with van der Waals surface area (Å²) in [5.74, 6) is 0.784. The summed E-state index contributed by atoms with van der Waals surface area (Å²) in [6, 6.07) is 0. The van der Waals surface area contributed by atoms with Gasteiger partial charge in [0, 0.05) is 0 Å². The van der Waals surface area contributed by atoms with Gasteiger partial charge in [0.25, 0.3) is 0 Å². The minimum absolute atomic E-state index is 0.130. The summed E-state index contributed by atoms with van der Waals surface area (Å²) < 4.78 is 5.17. The highest BCUT2D eigenvalue weighted by Crippen LogP contribution is 2.21.